The van der Waals surface area contributed by atoms with Crippen LogP contribution in [0.4, 0.5) is 4.39 Å². The van der Waals surface area contributed by atoms with E-state index >= 15 is 0 Å². The van der Waals surface area contributed by atoms with Crippen molar-refractivity contribution in [2.45, 2.75) is 13.3 Å². The summed E-state index contributed by atoms with van der Waals surface area (Å²) < 4.78 is 29.9. The predicted molar refractivity (Wildman–Crippen MR) is 113 cm³/mol. The van der Waals surface area contributed by atoms with E-state index in [4.69, 9.17) is 14.2 Å². The molecule has 1 N–H and O–H groups in total. The molecule has 0 atom stereocenters. The summed E-state index contributed by atoms with van der Waals surface area (Å²) in [6.07, 6.45) is 1.74. The minimum Gasteiger partial charge on any atom is -1.00 e. The van der Waals surface area contributed by atoms with Crippen molar-refractivity contribution in [3.8, 4) is 17.2 Å². The first kappa shape index (κ1) is 23.3. The van der Waals surface area contributed by atoms with Crippen LogP contribution < -0.4 is 14.2 Å². The van der Waals surface area contributed by atoms with Crippen molar-refractivity contribution in [2.24, 2.45) is 0 Å². The topological polar surface area (TPSA) is 65.0 Å². The van der Waals surface area contributed by atoms with Crippen molar-refractivity contribution in [3.05, 3.63) is 58.4 Å². The van der Waals surface area contributed by atoms with E-state index in [1.54, 1.807) is 18.2 Å². The van der Waals surface area contributed by atoms with E-state index in [0.717, 1.165) is 22.3 Å². The summed E-state index contributed by atoms with van der Waals surface area (Å²) in [5.41, 5.74) is 4.44. The number of hydrogen-bond donors (Lipinski definition) is 1. The van der Waals surface area contributed by atoms with Crippen LogP contribution in [0.25, 0.3) is 17.2 Å². The standard InChI is InChI=1S/C22H21FO5.Ca.2H/c1-12-16(7-13-8-19(26-2)22(28-4)20(9-13)27-3)15-6-5-14(23)10-18(15)17(12)11-21(24)25;;;/h5-10H,11H2,1-4H3,(H,24,25);;;/q;+2;2*-1. The van der Waals surface area contributed by atoms with Crippen molar-refractivity contribution < 1.29 is 31.4 Å². The Morgan fingerprint density at radius 3 is 2.21 bits per heavy atom. The minimum absolute atomic E-state index is 0. The zero-order valence-electron chi connectivity index (χ0n) is 18.8. The van der Waals surface area contributed by atoms with Gasteiger partial charge in [-0.1, -0.05) is 6.07 Å². The molecule has 0 bridgehead atoms. The first-order valence-corrected chi connectivity index (χ1v) is 8.63. The third-order valence-corrected chi connectivity index (χ3v) is 4.78. The normalized spacial score (nSPS) is 13.8. The third kappa shape index (κ3) is 4.60. The van der Waals surface area contributed by atoms with E-state index in [-0.39, 0.29) is 47.0 Å². The molecular formula is C22H23CaFO5. The average molecular weight is 426 g/mol. The van der Waals surface area contributed by atoms with Crippen molar-refractivity contribution in [2.75, 3.05) is 21.3 Å². The van der Waals surface area contributed by atoms with Crippen molar-refractivity contribution in [1.82, 2.24) is 0 Å². The Balaban J connectivity index is 0.00000300. The van der Waals surface area contributed by atoms with E-state index in [9.17, 15) is 14.3 Å². The van der Waals surface area contributed by atoms with E-state index in [0.29, 0.717) is 28.4 Å². The summed E-state index contributed by atoms with van der Waals surface area (Å²) in [5.74, 6) is 0.152. The van der Waals surface area contributed by atoms with Crippen LogP contribution in [0, 0.1) is 5.82 Å². The number of fused-ring (bicyclic) bond motifs is 1. The molecule has 0 spiro atoms. The molecule has 0 radical (unpaired) electrons. The molecule has 1 aliphatic rings. The molecule has 0 aliphatic heterocycles. The van der Waals surface area contributed by atoms with Crippen LogP contribution in [0.2, 0.25) is 0 Å². The molecule has 0 aromatic heterocycles. The molecule has 0 unspecified atom stereocenters. The van der Waals surface area contributed by atoms with E-state index < -0.39 is 11.8 Å². The van der Waals surface area contributed by atoms with Gasteiger partial charge in [0.1, 0.15) is 5.82 Å². The number of ether oxygens (including phenoxy) is 3. The van der Waals surface area contributed by atoms with Gasteiger partial charge < -0.3 is 22.2 Å². The smallest absolute Gasteiger partial charge is 1.00 e. The number of carboxylic acid groups (broad SMARTS) is 1. The number of halogens is 1. The minimum atomic E-state index is -0.960. The number of allylic oxidation sites excluding steroid dienone is 2. The number of aliphatic carboxylic acids is 1. The van der Waals surface area contributed by atoms with Gasteiger partial charge in [-0.2, -0.15) is 0 Å². The number of benzene rings is 2. The fourth-order valence-electron chi connectivity index (χ4n) is 3.48. The quantitative estimate of drug-likeness (QED) is 0.689. The summed E-state index contributed by atoms with van der Waals surface area (Å²) in [7, 11) is 4.61. The number of carboxylic acids is 1. The Morgan fingerprint density at radius 1 is 1.07 bits per heavy atom. The van der Waals surface area contributed by atoms with Gasteiger partial charge in [-0.3, -0.25) is 4.79 Å². The molecule has 3 rings (SSSR count). The molecular weight excluding hydrogens is 403 g/mol. The number of rotatable bonds is 6. The number of hydrogen-bond acceptors (Lipinski definition) is 4. The molecule has 0 saturated heterocycles. The van der Waals surface area contributed by atoms with Gasteiger partial charge in [0.25, 0.3) is 0 Å². The third-order valence-electron chi connectivity index (χ3n) is 4.78. The molecule has 7 heteroatoms. The van der Waals surface area contributed by atoms with Crippen molar-refractivity contribution in [3.63, 3.8) is 0 Å². The Labute approximate surface area is 201 Å². The molecule has 2 aromatic rings. The molecule has 150 valence electrons. The predicted octanol–water partition coefficient (Wildman–Crippen LogP) is 4.50. The molecule has 29 heavy (non-hydrogen) atoms. The zero-order valence-corrected chi connectivity index (χ0v) is 19.0. The Hall–Kier alpha value is -2.02. The SMILES string of the molecule is COc1cc(C=C2C(C)=C(CC(=O)O)c3cc(F)ccc32)cc(OC)c1OC.[Ca+2].[H-].[H-]. The van der Waals surface area contributed by atoms with Crippen molar-refractivity contribution >= 4 is 60.9 Å². The summed E-state index contributed by atoms with van der Waals surface area (Å²) in [6, 6.07) is 8.04. The van der Waals surface area contributed by atoms with Gasteiger partial charge in [0.15, 0.2) is 11.5 Å². The maximum Gasteiger partial charge on any atom is 2.00 e. The first-order valence-electron chi connectivity index (χ1n) is 8.63. The Bertz CT molecular complexity index is 996. The van der Waals surface area contributed by atoms with Gasteiger partial charge in [-0.05, 0) is 70.7 Å². The monoisotopic (exact) mass is 426 g/mol. The molecule has 2 aromatic carbocycles. The molecule has 0 heterocycles. The summed E-state index contributed by atoms with van der Waals surface area (Å²) in [4.78, 5) is 11.3. The van der Waals surface area contributed by atoms with Crippen LogP contribution in [0.3, 0.4) is 0 Å². The second-order valence-electron chi connectivity index (χ2n) is 6.38. The first-order chi connectivity index (χ1) is 13.4. The van der Waals surface area contributed by atoms with E-state index in [2.05, 4.69) is 0 Å². The summed E-state index contributed by atoms with van der Waals surface area (Å²) >= 11 is 0. The second kappa shape index (κ2) is 9.65. The second-order valence-corrected chi connectivity index (χ2v) is 6.38. The van der Waals surface area contributed by atoms with Crippen molar-refractivity contribution in [1.29, 1.82) is 0 Å². The Morgan fingerprint density at radius 2 is 1.69 bits per heavy atom. The molecule has 5 nitrogen and oxygen atoms in total. The summed E-state index contributed by atoms with van der Waals surface area (Å²) in [6.45, 7) is 1.85. The molecule has 1 aliphatic carbocycles. The van der Waals surface area contributed by atoms with Gasteiger partial charge in [0.2, 0.25) is 5.75 Å². The molecule has 0 saturated carbocycles. The summed E-state index contributed by atoms with van der Waals surface area (Å²) in [5, 5.41) is 9.26. The molecule has 0 amide bonds. The van der Waals surface area contributed by atoms with Gasteiger partial charge in [0, 0.05) is 0 Å². The van der Waals surface area contributed by atoms with Crippen LogP contribution in [-0.4, -0.2) is 70.1 Å². The maximum absolute atomic E-state index is 13.8. The van der Waals surface area contributed by atoms with Gasteiger partial charge >= 0.3 is 43.7 Å². The fourth-order valence-corrected chi connectivity index (χ4v) is 3.48. The van der Waals surface area contributed by atoms with E-state index in [1.165, 1.54) is 33.5 Å². The maximum atomic E-state index is 13.8. The number of methoxy groups -OCH3 is 3. The fraction of sp³-hybridized carbons (Fsp3) is 0.227. The largest absolute Gasteiger partial charge is 2.00 e. The number of carbonyl (C=O) groups is 1. The van der Waals surface area contributed by atoms with Crippen LogP contribution in [0.1, 0.15) is 32.9 Å². The van der Waals surface area contributed by atoms with Crippen LogP contribution in [0.5, 0.6) is 17.2 Å². The van der Waals surface area contributed by atoms with Gasteiger partial charge in [0.05, 0.1) is 27.8 Å². The zero-order chi connectivity index (χ0) is 20.4. The van der Waals surface area contributed by atoms with E-state index in [1.807, 2.05) is 13.0 Å². The van der Waals surface area contributed by atoms with Gasteiger partial charge in [-0.15, -0.1) is 0 Å². The van der Waals surface area contributed by atoms with Crippen LogP contribution in [0.15, 0.2) is 35.9 Å². The average Bonchev–Trinajstić information content (AvgIpc) is 2.91. The molecule has 0 fully saturated rings. The Kier molecular flexibility index (Phi) is 7.74. The van der Waals surface area contributed by atoms with Crippen LogP contribution >= 0.6 is 0 Å². The van der Waals surface area contributed by atoms with Crippen LogP contribution in [-0.2, 0) is 4.79 Å². The van der Waals surface area contributed by atoms with Gasteiger partial charge in [-0.25, -0.2) is 4.39 Å².